The summed E-state index contributed by atoms with van der Waals surface area (Å²) in [6, 6.07) is 6.24. The lowest BCUT2D eigenvalue weighted by Gasteiger charge is -2.37. The lowest BCUT2D eigenvalue weighted by Crippen LogP contribution is -2.47. The van der Waals surface area contributed by atoms with Crippen molar-refractivity contribution in [3.8, 4) is 5.88 Å². The molecular weight excluding hydrogens is 316 g/mol. The van der Waals surface area contributed by atoms with Crippen molar-refractivity contribution in [1.29, 1.82) is 0 Å². The second kappa shape index (κ2) is 6.51. The fourth-order valence-corrected chi connectivity index (χ4v) is 3.27. The minimum Gasteiger partial charge on any atom is -0.480 e. The molecule has 1 saturated heterocycles. The van der Waals surface area contributed by atoms with Crippen molar-refractivity contribution in [3.63, 3.8) is 0 Å². The molecule has 4 rings (SSSR count). The average molecular weight is 336 g/mol. The van der Waals surface area contributed by atoms with E-state index in [4.69, 9.17) is 4.74 Å². The summed E-state index contributed by atoms with van der Waals surface area (Å²) < 4.78 is 5.36. The first kappa shape index (κ1) is 15.6. The van der Waals surface area contributed by atoms with Crippen LogP contribution in [0, 0.1) is 6.92 Å². The van der Waals surface area contributed by atoms with Gasteiger partial charge in [0.2, 0.25) is 5.88 Å². The lowest BCUT2D eigenvalue weighted by atomic mass is 10.2. The third-order valence-corrected chi connectivity index (χ3v) is 4.58. The molecule has 0 aliphatic carbocycles. The van der Waals surface area contributed by atoms with E-state index in [1.807, 2.05) is 13.0 Å². The highest BCUT2D eigenvalue weighted by Crippen LogP contribution is 2.27. The van der Waals surface area contributed by atoms with Gasteiger partial charge >= 0.3 is 0 Å². The molecule has 0 radical (unpaired) electrons. The molecule has 2 aromatic heterocycles. The Labute approximate surface area is 146 Å². The van der Waals surface area contributed by atoms with E-state index >= 15 is 0 Å². The van der Waals surface area contributed by atoms with Crippen molar-refractivity contribution in [3.05, 3.63) is 42.6 Å². The summed E-state index contributed by atoms with van der Waals surface area (Å²) in [4.78, 5) is 22.0. The monoisotopic (exact) mass is 336 g/mol. The molecule has 1 aliphatic heterocycles. The smallest absolute Gasteiger partial charge is 0.224 e. The van der Waals surface area contributed by atoms with Gasteiger partial charge in [0.15, 0.2) is 0 Å². The van der Waals surface area contributed by atoms with Crippen LogP contribution in [-0.2, 0) is 0 Å². The van der Waals surface area contributed by atoms with Gasteiger partial charge in [0.1, 0.15) is 12.1 Å². The van der Waals surface area contributed by atoms with Crippen molar-refractivity contribution in [2.24, 2.45) is 0 Å². The SMILES string of the molecule is COc1ncnc2ccc(N3CCN(c4nccnc4C)CC3)cc12. The van der Waals surface area contributed by atoms with Gasteiger partial charge in [0.25, 0.3) is 0 Å². The molecular formula is C18H20N6O. The molecule has 7 nitrogen and oxygen atoms in total. The molecule has 0 bridgehead atoms. The van der Waals surface area contributed by atoms with Crippen LogP contribution >= 0.6 is 0 Å². The molecule has 3 heterocycles. The quantitative estimate of drug-likeness (QED) is 0.725. The zero-order chi connectivity index (χ0) is 17.2. The highest BCUT2D eigenvalue weighted by molar-refractivity contribution is 5.86. The van der Waals surface area contributed by atoms with Gasteiger partial charge in [-0.2, -0.15) is 0 Å². The number of benzene rings is 1. The van der Waals surface area contributed by atoms with E-state index in [9.17, 15) is 0 Å². The maximum absolute atomic E-state index is 5.36. The van der Waals surface area contributed by atoms with Crippen molar-refractivity contribution in [1.82, 2.24) is 19.9 Å². The van der Waals surface area contributed by atoms with Gasteiger partial charge in [0, 0.05) is 44.3 Å². The largest absolute Gasteiger partial charge is 0.480 e. The van der Waals surface area contributed by atoms with Gasteiger partial charge in [-0.25, -0.2) is 15.0 Å². The van der Waals surface area contributed by atoms with Crippen LogP contribution in [0.4, 0.5) is 11.5 Å². The Morgan fingerprint density at radius 2 is 1.68 bits per heavy atom. The second-order valence-electron chi connectivity index (χ2n) is 6.02. The van der Waals surface area contributed by atoms with Gasteiger partial charge < -0.3 is 14.5 Å². The Kier molecular flexibility index (Phi) is 4.05. The summed E-state index contributed by atoms with van der Waals surface area (Å²) in [6.07, 6.45) is 5.02. The number of aryl methyl sites for hydroxylation is 1. The molecule has 25 heavy (non-hydrogen) atoms. The number of ether oxygens (including phenoxy) is 1. The van der Waals surface area contributed by atoms with E-state index in [-0.39, 0.29) is 0 Å². The van der Waals surface area contributed by atoms with Crippen molar-refractivity contribution < 1.29 is 4.74 Å². The van der Waals surface area contributed by atoms with Crippen molar-refractivity contribution >= 4 is 22.4 Å². The normalized spacial score (nSPS) is 14.8. The Morgan fingerprint density at radius 1 is 0.920 bits per heavy atom. The maximum atomic E-state index is 5.36. The number of fused-ring (bicyclic) bond motifs is 1. The van der Waals surface area contributed by atoms with Crippen molar-refractivity contribution in [2.45, 2.75) is 6.92 Å². The molecule has 0 N–H and O–H groups in total. The van der Waals surface area contributed by atoms with Crippen molar-refractivity contribution in [2.75, 3.05) is 43.1 Å². The Balaban J connectivity index is 1.55. The first-order valence-electron chi connectivity index (χ1n) is 8.32. The van der Waals surface area contributed by atoms with Crippen LogP contribution < -0.4 is 14.5 Å². The van der Waals surface area contributed by atoms with E-state index in [2.05, 4.69) is 41.9 Å². The third kappa shape index (κ3) is 2.93. The highest BCUT2D eigenvalue weighted by Gasteiger charge is 2.20. The zero-order valence-corrected chi connectivity index (χ0v) is 14.4. The predicted molar refractivity (Wildman–Crippen MR) is 97.3 cm³/mol. The van der Waals surface area contributed by atoms with E-state index < -0.39 is 0 Å². The molecule has 0 saturated carbocycles. The predicted octanol–water partition coefficient (Wildman–Crippen LogP) is 2.06. The summed E-state index contributed by atoms with van der Waals surface area (Å²) in [5.41, 5.74) is 3.03. The maximum Gasteiger partial charge on any atom is 0.224 e. The Hall–Kier alpha value is -2.96. The van der Waals surface area contributed by atoms with Gasteiger partial charge in [-0.3, -0.25) is 4.98 Å². The van der Waals surface area contributed by atoms with Gasteiger partial charge in [-0.15, -0.1) is 0 Å². The van der Waals surface area contributed by atoms with Crippen LogP contribution in [0.25, 0.3) is 10.9 Å². The molecule has 128 valence electrons. The molecule has 0 amide bonds. The second-order valence-corrected chi connectivity index (χ2v) is 6.02. The Bertz CT molecular complexity index is 892. The number of aromatic nitrogens is 4. The molecule has 1 aliphatic rings. The topological polar surface area (TPSA) is 67.3 Å². The molecule has 7 heteroatoms. The van der Waals surface area contributed by atoms with Crippen LogP contribution in [-0.4, -0.2) is 53.2 Å². The van der Waals surface area contributed by atoms with Gasteiger partial charge in [-0.05, 0) is 25.1 Å². The molecule has 0 spiro atoms. The summed E-state index contributed by atoms with van der Waals surface area (Å²) in [5, 5.41) is 0.940. The standard InChI is InChI=1S/C18H20N6O/c1-13-17(20-6-5-19-13)24-9-7-23(8-10-24)14-3-4-16-15(11-14)18(25-2)22-12-21-16/h3-6,11-12H,7-10H2,1-2H3. The summed E-state index contributed by atoms with van der Waals surface area (Å²) in [6.45, 7) is 5.69. The van der Waals surface area contributed by atoms with E-state index in [0.29, 0.717) is 5.88 Å². The highest BCUT2D eigenvalue weighted by atomic mass is 16.5. The van der Waals surface area contributed by atoms with Gasteiger partial charge in [0.05, 0.1) is 23.7 Å². The first-order chi connectivity index (χ1) is 12.3. The van der Waals surface area contributed by atoms with E-state index in [0.717, 1.165) is 54.3 Å². The number of hydrogen-bond acceptors (Lipinski definition) is 7. The molecule has 1 aromatic carbocycles. The molecule has 1 fully saturated rings. The zero-order valence-electron chi connectivity index (χ0n) is 14.4. The minimum atomic E-state index is 0.612. The number of rotatable bonds is 3. The molecule has 3 aromatic rings. The van der Waals surface area contributed by atoms with Crippen LogP contribution in [0.5, 0.6) is 5.88 Å². The van der Waals surface area contributed by atoms with Crippen LogP contribution in [0.2, 0.25) is 0 Å². The molecule has 0 unspecified atom stereocenters. The summed E-state index contributed by atoms with van der Waals surface area (Å²) in [5.74, 6) is 1.59. The summed E-state index contributed by atoms with van der Waals surface area (Å²) in [7, 11) is 1.64. The lowest BCUT2D eigenvalue weighted by molar-refractivity contribution is 0.402. The fourth-order valence-electron chi connectivity index (χ4n) is 3.27. The fraction of sp³-hybridized carbons (Fsp3) is 0.333. The van der Waals surface area contributed by atoms with Crippen LogP contribution in [0.1, 0.15) is 5.69 Å². The third-order valence-electron chi connectivity index (χ3n) is 4.58. The minimum absolute atomic E-state index is 0.612. The van der Waals surface area contributed by atoms with E-state index in [1.54, 1.807) is 19.5 Å². The summed E-state index contributed by atoms with van der Waals surface area (Å²) >= 11 is 0. The van der Waals surface area contributed by atoms with E-state index in [1.165, 1.54) is 6.33 Å². The number of anilines is 2. The van der Waals surface area contributed by atoms with Crippen LogP contribution in [0.3, 0.4) is 0 Å². The Morgan fingerprint density at radius 3 is 2.44 bits per heavy atom. The average Bonchev–Trinajstić information content (AvgIpc) is 2.67. The van der Waals surface area contributed by atoms with Gasteiger partial charge in [-0.1, -0.05) is 0 Å². The number of hydrogen-bond donors (Lipinski definition) is 0. The number of piperazine rings is 1. The number of nitrogens with zero attached hydrogens (tertiary/aromatic N) is 6. The number of methoxy groups -OCH3 is 1. The molecule has 0 atom stereocenters. The van der Waals surface area contributed by atoms with Crippen LogP contribution in [0.15, 0.2) is 36.9 Å². The first-order valence-corrected chi connectivity index (χ1v) is 8.32.